The van der Waals surface area contributed by atoms with Gasteiger partial charge in [0.2, 0.25) is 0 Å². The van der Waals surface area contributed by atoms with Gasteiger partial charge in [-0.3, -0.25) is 4.79 Å². The van der Waals surface area contributed by atoms with Gasteiger partial charge >= 0.3 is 0 Å². The Labute approximate surface area is 136 Å². The number of para-hydroxylation sites is 1. The molecule has 0 atom stereocenters. The summed E-state index contributed by atoms with van der Waals surface area (Å²) in [6.07, 6.45) is 5.64. The van der Waals surface area contributed by atoms with E-state index in [0.717, 1.165) is 31.4 Å². The predicted octanol–water partition coefficient (Wildman–Crippen LogP) is 5.06. The van der Waals surface area contributed by atoms with Gasteiger partial charge in [0.05, 0.1) is 0 Å². The molecule has 0 N–H and O–H groups in total. The average molecular weight is 308 g/mol. The van der Waals surface area contributed by atoms with Crippen LogP contribution in [0.3, 0.4) is 0 Å². The molecule has 1 aliphatic rings. The zero-order valence-electron chi connectivity index (χ0n) is 13.0. The number of hydrogen-bond acceptors (Lipinski definition) is 3. The van der Waals surface area contributed by atoms with Crippen LogP contribution in [0.1, 0.15) is 42.5 Å². The quantitative estimate of drug-likeness (QED) is 0.741. The van der Waals surface area contributed by atoms with Gasteiger partial charge in [0.25, 0.3) is 5.91 Å². The van der Waals surface area contributed by atoms with Crippen molar-refractivity contribution >= 4 is 17.3 Å². The molecule has 1 saturated carbocycles. The van der Waals surface area contributed by atoms with E-state index >= 15 is 0 Å². The SMILES string of the molecule is O=Nc1ccc(C(=O)N(c2ccccc2)C2CCCCC2)cc1. The Kier molecular flexibility index (Phi) is 4.81. The van der Waals surface area contributed by atoms with Crippen LogP contribution in [0.4, 0.5) is 11.4 Å². The van der Waals surface area contributed by atoms with Crippen molar-refractivity contribution in [2.24, 2.45) is 5.18 Å². The molecule has 4 nitrogen and oxygen atoms in total. The lowest BCUT2D eigenvalue weighted by Gasteiger charge is -2.34. The van der Waals surface area contributed by atoms with Gasteiger partial charge in [0, 0.05) is 17.3 Å². The molecule has 4 heteroatoms. The van der Waals surface area contributed by atoms with Crippen molar-refractivity contribution in [3.63, 3.8) is 0 Å². The van der Waals surface area contributed by atoms with Crippen LogP contribution in [0.5, 0.6) is 0 Å². The fraction of sp³-hybridized carbons (Fsp3) is 0.316. The first kappa shape index (κ1) is 15.4. The van der Waals surface area contributed by atoms with Gasteiger partial charge in [-0.1, -0.05) is 37.5 Å². The van der Waals surface area contributed by atoms with E-state index in [0.29, 0.717) is 11.3 Å². The van der Waals surface area contributed by atoms with Gasteiger partial charge < -0.3 is 4.90 Å². The number of amides is 1. The lowest BCUT2D eigenvalue weighted by molar-refractivity contribution is 0.0970. The highest BCUT2D eigenvalue weighted by Gasteiger charge is 2.27. The molecule has 0 heterocycles. The molecule has 2 aromatic carbocycles. The Hall–Kier alpha value is -2.49. The molecule has 0 saturated heterocycles. The number of nitroso groups, excluding NO2 is 1. The summed E-state index contributed by atoms with van der Waals surface area (Å²) in [6.45, 7) is 0. The zero-order chi connectivity index (χ0) is 16.1. The second-order valence-electron chi connectivity index (χ2n) is 5.94. The van der Waals surface area contributed by atoms with Crippen molar-refractivity contribution in [3.05, 3.63) is 65.1 Å². The normalized spacial score (nSPS) is 15.1. The van der Waals surface area contributed by atoms with Crippen molar-refractivity contribution in [2.45, 2.75) is 38.1 Å². The van der Waals surface area contributed by atoms with E-state index in [2.05, 4.69) is 5.18 Å². The molecular weight excluding hydrogens is 288 g/mol. The van der Waals surface area contributed by atoms with Crippen molar-refractivity contribution in [1.82, 2.24) is 0 Å². The molecule has 0 bridgehead atoms. The van der Waals surface area contributed by atoms with E-state index in [-0.39, 0.29) is 11.9 Å². The number of carbonyl (C=O) groups excluding carboxylic acids is 1. The molecule has 2 aromatic rings. The summed E-state index contributed by atoms with van der Waals surface area (Å²) >= 11 is 0. The van der Waals surface area contributed by atoms with Crippen LogP contribution in [0.2, 0.25) is 0 Å². The van der Waals surface area contributed by atoms with E-state index in [1.54, 1.807) is 24.3 Å². The maximum Gasteiger partial charge on any atom is 0.258 e. The van der Waals surface area contributed by atoms with E-state index in [4.69, 9.17) is 0 Å². The van der Waals surface area contributed by atoms with Gasteiger partial charge in [-0.15, -0.1) is 4.91 Å². The van der Waals surface area contributed by atoms with Gasteiger partial charge in [0.15, 0.2) is 0 Å². The number of carbonyl (C=O) groups is 1. The highest BCUT2D eigenvalue weighted by atomic mass is 16.3. The fourth-order valence-corrected chi connectivity index (χ4v) is 3.23. The minimum atomic E-state index is -0.0134. The Morgan fingerprint density at radius 3 is 2.17 bits per heavy atom. The summed E-state index contributed by atoms with van der Waals surface area (Å²) in [7, 11) is 0. The summed E-state index contributed by atoms with van der Waals surface area (Å²) in [4.78, 5) is 25.5. The van der Waals surface area contributed by atoms with Crippen LogP contribution in [0.25, 0.3) is 0 Å². The zero-order valence-corrected chi connectivity index (χ0v) is 13.0. The molecule has 0 aromatic heterocycles. The van der Waals surface area contributed by atoms with Gasteiger partial charge in [-0.05, 0) is 54.4 Å². The third-order valence-corrected chi connectivity index (χ3v) is 4.41. The first-order valence-electron chi connectivity index (χ1n) is 8.11. The van der Waals surface area contributed by atoms with Crippen molar-refractivity contribution in [3.8, 4) is 0 Å². The topological polar surface area (TPSA) is 49.7 Å². The molecule has 1 aliphatic carbocycles. The molecule has 0 radical (unpaired) electrons. The minimum absolute atomic E-state index is 0.0134. The third-order valence-electron chi connectivity index (χ3n) is 4.41. The highest BCUT2D eigenvalue weighted by molar-refractivity contribution is 6.06. The maximum absolute atomic E-state index is 13.1. The summed E-state index contributed by atoms with van der Waals surface area (Å²) in [6, 6.07) is 16.6. The summed E-state index contributed by atoms with van der Waals surface area (Å²) in [5.41, 5.74) is 1.86. The molecule has 118 valence electrons. The summed E-state index contributed by atoms with van der Waals surface area (Å²) in [5, 5.41) is 2.89. The Morgan fingerprint density at radius 2 is 1.57 bits per heavy atom. The van der Waals surface area contributed by atoms with Gasteiger partial charge in [-0.2, -0.15) is 0 Å². The molecule has 3 rings (SSSR count). The predicted molar refractivity (Wildman–Crippen MR) is 92.0 cm³/mol. The molecule has 1 fully saturated rings. The van der Waals surface area contributed by atoms with Crippen LogP contribution < -0.4 is 4.90 Å². The van der Waals surface area contributed by atoms with Crippen molar-refractivity contribution in [2.75, 3.05) is 4.90 Å². The smallest absolute Gasteiger partial charge is 0.258 e. The van der Waals surface area contributed by atoms with Crippen LogP contribution >= 0.6 is 0 Å². The molecule has 0 unspecified atom stereocenters. The number of hydrogen-bond donors (Lipinski definition) is 0. The highest BCUT2D eigenvalue weighted by Crippen LogP contribution is 2.29. The van der Waals surface area contributed by atoms with Gasteiger partial charge in [-0.25, -0.2) is 0 Å². The third kappa shape index (κ3) is 3.47. The molecule has 0 aliphatic heterocycles. The van der Waals surface area contributed by atoms with E-state index in [1.807, 2.05) is 35.2 Å². The number of anilines is 1. The van der Waals surface area contributed by atoms with E-state index < -0.39 is 0 Å². The maximum atomic E-state index is 13.1. The second kappa shape index (κ2) is 7.18. The largest absolute Gasteiger partial charge is 0.305 e. The monoisotopic (exact) mass is 308 g/mol. The minimum Gasteiger partial charge on any atom is -0.305 e. The second-order valence-corrected chi connectivity index (χ2v) is 5.94. The van der Waals surface area contributed by atoms with Crippen LogP contribution in [0, 0.1) is 4.91 Å². The summed E-state index contributed by atoms with van der Waals surface area (Å²) in [5.74, 6) is -0.0134. The lowest BCUT2D eigenvalue weighted by Crippen LogP contribution is -2.41. The van der Waals surface area contributed by atoms with Gasteiger partial charge in [0.1, 0.15) is 5.69 Å². The van der Waals surface area contributed by atoms with Crippen molar-refractivity contribution < 1.29 is 4.79 Å². The molecular formula is C19H20N2O2. The number of rotatable bonds is 4. The van der Waals surface area contributed by atoms with Crippen molar-refractivity contribution in [1.29, 1.82) is 0 Å². The molecule has 23 heavy (non-hydrogen) atoms. The molecule has 1 amide bonds. The number of nitrogens with zero attached hydrogens (tertiary/aromatic N) is 2. The lowest BCUT2D eigenvalue weighted by atomic mass is 9.93. The van der Waals surface area contributed by atoms with Crippen LogP contribution in [0.15, 0.2) is 59.8 Å². The Balaban J connectivity index is 1.92. The standard InChI is InChI=1S/C19H20N2O2/c22-19(15-11-13-16(20-23)14-12-15)21(17-7-3-1-4-8-17)18-9-5-2-6-10-18/h1,3-4,7-8,11-14,18H,2,5-6,9-10H2. The number of benzene rings is 2. The molecule has 0 spiro atoms. The summed E-state index contributed by atoms with van der Waals surface area (Å²) < 4.78 is 0. The van der Waals surface area contributed by atoms with E-state index in [1.165, 1.54) is 6.42 Å². The van der Waals surface area contributed by atoms with Crippen LogP contribution in [-0.4, -0.2) is 11.9 Å². The average Bonchev–Trinajstić information content (AvgIpc) is 2.64. The fourth-order valence-electron chi connectivity index (χ4n) is 3.23. The first-order valence-corrected chi connectivity index (χ1v) is 8.11. The Bertz CT molecular complexity index is 662. The van der Waals surface area contributed by atoms with E-state index in [9.17, 15) is 9.70 Å². The first-order chi connectivity index (χ1) is 11.3. The van der Waals surface area contributed by atoms with Crippen LogP contribution in [-0.2, 0) is 0 Å². The Morgan fingerprint density at radius 1 is 0.913 bits per heavy atom.